The number of rotatable bonds is 4. The number of hydrogen-bond donors (Lipinski definition) is 0. The van der Waals surface area contributed by atoms with Gasteiger partial charge in [-0.1, -0.05) is 50.6 Å². The summed E-state index contributed by atoms with van der Waals surface area (Å²) in [6.45, 7) is 6.56. The molecule has 0 spiro atoms. The summed E-state index contributed by atoms with van der Waals surface area (Å²) in [4.78, 5) is 0. The molecular weight excluding hydrogens is 227 g/mol. The highest BCUT2D eigenvalue weighted by Gasteiger charge is 2.26. The van der Waals surface area contributed by atoms with Gasteiger partial charge in [0.05, 0.1) is 0 Å². The molecule has 0 saturated heterocycles. The summed E-state index contributed by atoms with van der Waals surface area (Å²) < 4.78 is 0. The molecule has 1 unspecified atom stereocenters. The van der Waals surface area contributed by atoms with Crippen LogP contribution in [-0.2, 0) is 6.42 Å². The van der Waals surface area contributed by atoms with Gasteiger partial charge in [-0.15, -0.1) is 11.6 Å². The first-order chi connectivity index (χ1) is 6.97. The van der Waals surface area contributed by atoms with Gasteiger partial charge in [-0.05, 0) is 29.9 Å². The van der Waals surface area contributed by atoms with Crippen molar-refractivity contribution in [2.45, 2.75) is 39.0 Å². The van der Waals surface area contributed by atoms with E-state index < -0.39 is 0 Å². The van der Waals surface area contributed by atoms with Crippen molar-refractivity contribution >= 4 is 23.2 Å². The summed E-state index contributed by atoms with van der Waals surface area (Å²) in [5, 5.41) is 0.942. The van der Waals surface area contributed by atoms with Gasteiger partial charge in [-0.2, -0.15) is 0 Å². The molecule has 1 atom stereocenters. The maximum atomic E-state index is 6.42. The van der Waals surface area contributed by atoms with E-state index in [-0.39, 0.29) is 10.8 Å². The number of benzene rings is 1. The second-order valence-corrected chi connectivity index (χ2v) is 5.54. The van der Waals surface area contributed by atoms with Gasteiger partial charge in [0.1, 0.15) is 0 Å². The van der Waals surface area contributed by atoms with Gasteiger partial charge in [0.15, 0.2) is 0 Å². The van der Waals surface area contributed by atoms with Crippen molar-refractivity contribution < 1.29 is 0 Å². The second kappa shape index (κ2) is 5.23. The Labute approximate surface area is 103 Å². The van der Waals surface area contributed by atoms with Crippen molar-refractivity contribution in [1.29, 1.82) is 0 Å². The fourth-order valence-electron chi connectivity index (χ4n) is 1.35. The van der Waals surface area contributed by atoms with Gasteiger partial charge < -0.3 is 0 Å². The molecule has 1 aromatic rings. The third kappa shape index (κ3) is 3.39. The van der Waals surface area contributed by atoms with Crippen LogP contribution in [0.3, 0.4) is 0 Å². The van der Waals surface area contributed by atoms with E-state index in [9.17, 15) is 0 Å². The summed E-state index contributed by atoms with van der Waals surface area (Å²) in [5.41, 5.74) is 1.29. The molecule has 2 heteroatoms. The smallest absolute Gasteiger partial charge is 0.0438 e. The lowest BCUT2D eigenvalue weighted by Crippen LogP contribution is -2.25. The first-order valence-electron chi connectivity index (χ1n) is 5.35. The molecule has 1 aromatic carbocycles. The van der Waals surface area contributed by atoms with E-state index in [1.54, 1.807) is 0 Å². The molecule has 0 bridgehead atoms. The average Bonchev–Trinajstić information content (AvgIpc) is 2.21. The molecular formula is C13H18Cl2. The van der Waals surface area contributed by atoms with E-state index >= 15 is 0 Å². The van der Waals surface area contributed by atoms with E-state index in [0.29, 0.717) is 0 Å². The Bertz CT molecular complexity index is 318. The fourth-order valence-corrected chi connectivity index (χ4v) is 1.89. The van der Waals surface area contributed by atoms with E-state index in [1.807, 2.05) is 24.3 Å². The summed E-state index contributed by atoms with van der Waals surface area (Å²) in [5.74, 6) is 0. The van der Waals surface area contributed by atoms with Crippen molar-refractivity contribution in [3.05, 3.63) is 34.9 Å². The minimum absolute atomic E-state index is 0.127. The zero-order valence-corrected chi connectivity index (χ0v) is 11.1. The zero-order valence-electron chi connectivity index (χ0n) is 9.56. The fraction of sp³-hybridized carbons (Fsp3) is 0.538. The van der Waals surface area contributed by atoms with Gasteiger partial charge in [0.2, 0.25) is 0 Å². The third-order valence-corrected chi connectivity index (χ3v) is 4.23. The quantitative estimate of drug-likeness (QED) is 0.660. The van der Waals surface area contributed by atoms with Crippen molar-refractivity contribution in [2.75, 3.05) is 0 Å². The molecule has 0 amide bonds. The highest BCUT2D eigenvalue weighted by atomic mass is 35.5. The lowest BCUT2D eigenvalue weighted by molar-refractivity contribution is 0.330. The van der Waals surface area contributed by atoms with E-state index in [1.165, 1.54) is 0 Å². The molecule has 15 heavy (non-hydrogen) atoms. The molecule has 0 fully saturated rings. The Balaban J connectivity index is 2.75. The molecule has 0 heterocycles. The Morgan fingerprint density at radius 1 is 1.27 bits per heavy atom. The maximum absolute atomic E-state index is 6.42. The van der Waals surface area contributed by atoms with Crippen molar-refractivity contribution in [3.8, 4) is 0 Å². The lowest BCUT2D eigenvalue weighted by atomic mass is 9.83. The second-order valence-electron chi connectivity index (χ2n) is 4.61. The average molecular weight is 245 g/mol. The predicted octanol–water partition coefficient (Wildman–Crippen LogP) is 4.93. The Kier molecular flexibility index (Phi) is 4.48. The zero-order chi connectivity index (χ0) is 11.5. The predicted molar refractivity (Wildman–Crippen MR) is 68.9 cm³/mol. The molecule has 0 aromatic heterocycles. The Morgan fingerprint density at radius 2 is 1.87 bits per heavy atom. The summed E-state index contributed by atoms with van der Waals surface area (Å²) in [6, 6.07) is 7.91. The van der Waals surface area contributed by atoms with E-state index in [2.05, 4.69) is 20.8 Å². The minimum Gasteiger partial charge on any atom is -0.122 e. The van der Waals surface area contributed by atoms with E-state index in [0.717, 1.165) is 23.4 Å². The molecule has 0 aliphatic rings. The standard InChI is InChI=1S/C13H18Cl2/c1-4-13(2,3)12(15)9-10-7-5-6-8-11(10)14/h5-8,12H,4,9H2,1-3H3. The van der Waals surface area contributed by atoms with Crippen molar-refractivity contribution in [3.63, 3.8) is 0 Å². The molecule has 0 N–H and O–H groups in total. The van der Waals surface area contributed by atoms with Crippen molar-refractivity contribution in [1.82, 2.24) is 0 Å². The van der Waals surface area contributed by atoms with Crippen LogP contribution in [0, 0.1) is 5.41 Å². The van der Waals surface area contributed by atoms with Crippen LogP contribution in [0.4, 0.5) is 0 Å². The van der Waals surface area contributed by atoms with Gasteiger partial charge in [-0.25, -0.2) is 0 Å². The number of alkyl halides is 1. The monoisotopic (exact) mass is 244 g/mol. The SMILES string of the molecule is CCC(C)(C)C(Cl)Cc1ccccc1Cl. The topological polar surface area (TPSA) is 0 Å². The Hall–Kier alpha value is -0.200. The first kappa shape index (κ1) is 12.9. The van der Waals surface area contributed by atoms with E-state index in [4.69, 9.17) is 23.2 Å². The number of halogens is 2. The molecule has 0 aliphatic carbocycles. The Morgan fingerprint density at radius 3 is 2.40 bits per heavy atom. The van der Waals surface area contributed by atoms with Gasteiger partial charge in [-0.3, -0.25) is 0 Å². The third-order valence-electron chi connectivity index (χ3n) is 3.12. The molecule has 0 saturated carbocycles. The lowest BCUT2D eigenvalue weighted by Gasteiger charge is -2.28. The molecule has 0 radical (unpaired) electrons. The van der Waals surface area contributed by atoms with Gasteiger partial charge >= 0.3 is 0 Å². The first-order valence-corrected chi connectivity index (χ1v) is 6.16. The van der Waals surface area contributed by atoms with Gasteiger partial charge in [0.25, 0.3) is 0 Å². The van der Waals surface area contributed by atoms with Crippen molar-refractivity contribution in [2.24, 2.45) is 5.41 Å². The minimum atomic E-state index is 0.127. The van der Waals surface area contributed by atoms with Gasteiger partial charge in [0, 0.05) is 10.4 Å². The highest BCUT2D eigenvalue weighted by Crippen LogP contribution is 2.32. The van der Waals surface area contributed by atoms with Crippen LogP contribution in [0.15, 0.2) is 24.3 Å². The van der Waals surface area contributed by atoms with Crippen LogP contribution in [-0.4, -0.2) is 5.38 Å². The van der Waals surface area contributed by atoms with Crippen LogP contribution in [0.1, 0.15) is 32.8 Å². The molecule has 1 rings (SSSR count). The summed E-state index contributed by atoms with van der Waals surface area (Å²) in [6.07, 6.45) is 1.91. The maximum Gasteiger partial charge on any atom is 0.0438 e. The van der Waals surface area contributed by atoms with Crippen LogP contribution in [0.25, 0.3) is 0 Å². The van der Waals surface area contributed by atoms with Crippen LogP contribution in [0.2, 0.25) is 5.02 Å². The largest absolute Gasteiger partial charge is 0.122 e. The highest BCUT2D eigenvalue weighted by molar-refractivity contribution is 6.31. The molecule has 0 aliphatic heterocycles. The summed E-state index contributed by atoms with van der Waals surface area (Å²) in [7, 11) is 0. The normalized spacial score (nSPS) is 13.9. The van der Waals surface area contributed by atoms with Crippen LogP contribution < -0.4 is 0 Å². The summed E-state index contributed by atoms with van der Waals surface area (Å²) >= 11 is 12.5. The van der Waals surface area contributed by atoms with Crippen LogP contribution >= 0.6 is 23.2 Å². The number of hydrogen-bond acceptors (Lipinski definition) is 0. The molecule has 84 valence electrons. The van der Waals surface area contributed by atoms with Crippen LogP contribution in [0.5, 0.6) is 0 Å². The molecule has 0 nitrogen and oxygen atoms in total.